The second kappa shape index (κ2) is 26.1. The fraction of sp³-hybridized carbons (Fsp3) is 0.762. The minimum Gasteiger partial charge on any atom is -0.464 e. The number of halogens is 1. The molecule has 16 heteroatoms. The highest BCUT2D eigenvalue weighted by atomic mass is 79.9. The Morgan fingerprint density at radius 1 is 0.811 bits per heavy atom. The van der Waals surface area contributed by atoms with Crippen molar-refractivity contribution in [2.45, 2.75) is 66.7 Å². The third-order valence-electron chi connectivity index (χ3n) is 3.30. The number of carbonyl (C=O) groups is 5. The van der Waals surface area contributed by atoms with E-state index >= 15 is 0 Å². The van der Waals surface area contributed by atoms with Crippen LogP contribution >= 0.6 is 15.9 Å². The number of nitrogens with zero attached hydrogens (tertiary/aromatic N) is 3. The molecule has 0 bridgehead atoms. The van der Waals surface area contributed by atoms with E-state index in [1.807, 2.05) is 6.92 Å². The third-order valence-corrected chi connectivity index (χ3v) is 3.30. The van der Waals surface area contributed by atoms with Crippen LogP contribution in [-0.4, -0.2) is 86.2 Å². The largest absolute Gasteiger partial charge is 0.464 e. The Hall–Kier alpha value is -2.94. The standard InChI is InChI=1S/C10H18N4O5.C9H15NO5.C2H5Br/c1-4-17-10(16)9(19-18-5-2)8(6-12-14-11)13-7(3)15;1-4-14-8(12)7(10-6(3)11)9(13)15-5-2;1-2-3/h8-9H,4-6H2,1-3H3,(H,13,15);7H,4-5H2,1-3H3,(H,10,11);2H2,1H3. The number of esters is 3. The van der Waals surface area contributed by atoms with Crippen molar-refractivity contribution in [2.75, 3.05) is 38.3 Å². The Kier molecular flexibility index (Phi) is 27.3. The highest BCUT2D eigenvalue weighted by Crippen LogP contribution is 2.06. The van der Waals surface area contributed by atoms with Gasteiger partial charge in [0.15, 0.2) is 0 Å². The highest BCUT2D eigenvalue weighted by molar-refractivity contribution is 9.09. The fourth-order valence-electron chi connectivity index (χ4n) is 2.11. The summed E-state index contributed by atoms with van der Waals surface area (Å²) in [6.07, 6.45) is -1.20. The first kappa shape index (κ1) is 38.6. The van der Waals surface area contributed by atoms with Crippen LogP contribution in [0, 0.1) is 0 Å². The van der Waals surface area contributed by atoms with E-state index in [-0.39, 0.29) is 33.0 Å². The number of azide groups is 1. The highest BCUT2D eigenvalue weighted by Gasteiger charge is 2.32. The van der Waals surface area contributed by atoms with Gasteiger partial charge in [-0.25, -0.2) is 24.2 Å². The molecule has 0 aromatic carbocycles. The van der Waals surface area contributed by atoms with Gasteiger partial charge in [-0.2, -0.15) is 0 Å². The van der Waals surface area contributed by atoms with E-state index in [1.165, 1.54) is 13.8 Å². The molecular formula is C21H38BrN5O10. The van der Waals surface area contributed by atoms with Crippen molar-refractivity contribution in [1.29, 1.82) is 0 Å². The Labute approximate surface area is 224 Å². The molecule has 0 radical (unpaired) electrons. The molecule has 214 valence electrons. The van der Waals surface area contributed by atoms with E-state index in [2.05, 4.69) is 46.1 Å². The number of amides is 2. The number of hydrogen-bond donors (Lipinski definition) is 2. The van der Waals surface area contributed by atoms with E-state index in [1.54, 1.807) is 27.7 Å². The van der Waals surface area contributed by atoms with Crippen molar-refractivity contribution in [2.24, 2.45) is 5.11 Å². The van der Waals surface area contributed by atoms with Gasteiger partial charge in [-0.1, -0.05) is 28.0 Å². The molecule has 0 spiro atoms. The SMILES string of the molecule is CCBr.CCOC(=O)C(NC(C)=O)C(=O)OCC.CCOOC(C(=O)OCC)C(CN=[N+]=[N-])NC(C)=O. The summed E-state index contributed by atoms with van der Waals surface area (Å²) in [5.41, 5.74) is 8.31. The van der Waals surface area contributed by atoms with Gasteiger partial charge in [0.2, 0.25) is 24.0 Å². The Balaban J connectivity index is -0.000000576. The zero-order valence-electron chi connectivity index (χ0n) is 22.3. The Morgan fingerprint density at radius 2 is 1.24 bits per heavy atom. The predicted molar refractivity (Wildman–Crippen MR) is 135 cm³/mol. The molecule has 2 unspecified atom stereocenters. The number of nitrogens with one attached hydrogen (secondary N) is 2. The average molecular weight is 600 g/mol. The lowest BCUT2D eigenvalue weighted by Gasteiger charge is -2.23. The van der Waals surface area contributed by atoms with E-state index in [0.717, 1.165) is 5.33 Å². The number of ether oxygens (including phenoxy) is 3. The summed E-state index contributed by atoms with van der Waals surface area (Å²) in [5.74, 6) is -3.23. The minimum atomic E-state index is -1.37. The molecule has 0 aliphatic heterocycles. The van der Waals surface area contributed by atoms with Crippen LogP contribution in [-0.2, 0) is 48.0 Å². The lowest BCUT2D eigenvalue weighted by molar-refractivity contribution is -0.321. The second-order valence-corrected chi connectivity index (χ2v) is 7.42. The van der Waals surface area contributed by atoms with Gasteiger partial charge in [0, 0.05) is 30.6 Å². The summed E-state index contributed by atoms with van der Waals surface area (Å²) in [6, 6.07) is -2.23. The first-order valence-corrected chi connectivity index (χ1v) is 12.5. The van der Waals surface area contributed by atoms with Crippen LogP contribution in [0.5, 0.6) is 0 Å². The smallest absolute Gasteiger partial charge is 0.340 e. The third kappa shape index (κ3) is 22.0. The molecule has 0 aromatic rings. The maximum absolute atomic E-state index is 11.7. The van der Waals surface area contributed by atoms with Crippen LogP contribution in [0.15, 0.2) is 5.11 Å². The Morgan fingerprint density at radius 3 is 1.59 bits per heavy atom. The van der Waals surface area contributed by atoms with Crippen LogP contribution in [0.4, 0.5) is 0 Å². The Bertz CT molecular complexity index is 713. The summed E-state index contributed by atoms with van der Waals surface area (Å²) in [4.78, 5) is 68.3. The topological polar surface area (TPSA) is 204 Å². The van der Waals surface area contributed by atoms with Gasteiger partial charge in [0.1, 0.15) is 0 Å². The molecule has 37 heavy (non-hydrogen) atoms. The number of rotatable bonds is 14. The lowest BCUT2D eigenvalue weighted by Crippen LogP contribution is -2.50. The quantitative estimate of drug-likeness (QED) is 0.0340. The van der Waals surface area contributed by atoms with Crippen molar-refractivity contribution >= 4 is 45.7 Å². The van der Waals surface area contributed by atoms with Crippen LogP contribution in [0.25, 0.3) is 10.4 Å². The molecule has 2 N–H and O–H groups in total. The van der Waals surface area contributed by atoms with Crippen LogP contribution < -0.4 is 10.6 Å². The van der Waals surface area contributed by atoms with Gasteiger partial charge in [-0.15, -0.1) is 0 Å². The number of alkyl halides is 1. The first-order chi connectivity index (χ1) is 17.5. The molecule has 0 aromatic heterocycles. The van der Waals surface area contributed by atoms with Crippen molar-refractivity contribution in [3.63, 3.8) is 0 Å². The van der Waals surface area contributed by atoms with Crippen molar-refractivity contribution in [3.8, 4) is 0 Å². The van der Waals surface area contributed by atoms with E-state index in [9.17, 15) is 24.0 Å². The molecule has 15 nitrogen and oxygen atoms in total. The summed E-state index contributed by atoms with van der Waals surface area (Å²) < 4.78 is 14.0. The molecule has 0 heterocycles. The van der Waals surface area contributed by atoms with E-state index in [0.29, 0.717) is 0 Å². The monoisotopic (exact) mass is 599 g/mol. The van der Waals surface area contributed by atoms with Crippen LogP contribution in [0.1, 0.15) is 48.5 Å². The van der Waals surface area contributed by atoms with Crippen molar-refractivity contribution < 1.29 is 48.0 Å². The molecule has 0 saturated heterocycles. The second-order valence-electron chi connectivity index (χ2n) is 6.30. The van der Waals surface area contributed by atoms with Crippen molar-refractivity contribution in [1.82, 2.24) is 10.6 Å². The lowest BCUT2D eigenvalue weighted by atomic mass is 10.1. The summed E-state index contributed by atoms with van der Waals surface area (Å²) >= 11 is 3.15. The molecular weight excluding hydrogens is 562 g/mol. The minimum absolute atomic E-state index is 0.133. The van der Waals surface area contributed by atoms with Gasteiger partial charge in [-0.05, 0) is 33.2 Å². The fourth-order valence-corrected chi connectivity index (χ4v) is 2.11. The summed E-state index contributed by atoms with van der Waals surface area (Å²) in [6.45, 7) is 11.5. The molecule has 2 amide bonds. The average Bonchev–Trinajstić information content (AvgIpc) is 2.82. The zero-order valence-corrected chi connectivity index (χ0v) is 23.9. The van der Waals surface area contributed by atoms with Gasteiger partial charge in [-0.3, -0.25) is 9.59 Å². The number of carbonyl (C=O) groups excluding carboxylic acids is 5. The maximum atomic E-state index is 11.7. The molecule has 0 fully saturated rings. The molecule has 0 aliphatic rings. The van der Waals surface area contributed by atoms with E-state index < -0.39 is 47.9 Å². The van der Waals surface area contributed by atoms with Gasteiger partial charge >= 0.3 is 17.9 Å². The van der Waals surface area contributed by atoms with Crippen molar-refractivity contribution in [3.05, 3.63) is 10.4 Å². The van der Waals surface area contributed by atoms with Gasteiger partial charge < -0.3 is 24.8 Å². The summed E-state index contributed by atoms with van der Waals surface area (Å²) in [5, 5.41) is 9.00. The predicted octanol–water partition coefficient (Wildman–Crippen LogP) is 1.72. The van der Waals surface area contributed by atoms with Gasteiger partial charge in [0.05, 0.1) is 32.5 Å². The molecule has 0 rings (SSSR count). The van der Waals surface area contributed by atoms with Crippen LogP contribution in [0.2, 0.25) is 0 Å². The summed E-state index contributed by atoms with van der Waals surface area (Å²) in [7, 11) is 0. The van der Waals surface area contributed by atoms with Gasteiger partial charge in [0.25, 0.3) is 0 Å². The molecule has 0 aliphatic carbocycles. The van der Waals surface area contributed by atoms with Crippen LogP contribution in [0.3, 0.4) is 0 Å². The maximum Gasteiger partial charge on any atom is 0.340 e. The molecule has 0 saturated carbocycles. The first-order valence-electron chi connectivity index (χ1n) is 11.4. The zero-order chi connectivity index (χ0) is 29.2. The van der Waals surface area contributed by atoms with E-state index in [4.69, 9.17) is 20.0 Å². The number of hydrogen-bond acceptors (Lipinski definition) is 11. The molecule has 2 atom stereocenters. The normalized spacial score (nSPS) is 11.1.